The van der Waals surface area contributed by atoms with Crippen LogP contribution in [0, 0.1) is 11.3 Å². The highest BCUT2D eigenvalue weighted by molar-refractivity contribution is 5.19. The highest BCUT2D eigenvalue weighted by Crippen LogP contribution is 1.88. The van der Waals surface area contributed by atoms with E-state index >= 15 is 0 Å². The van der Waals surface area contributed by atoms with Gasteiger partial charge in [-0.15, -0.1) is 0 Å². The van der Waals surface area contributed by atoms with E-state index in [0.717, 1.165) is 5.70 Å². The Morgan fingerprint density at radius 2 is 2.38 bits per heavy atom. The predicted octanol–water partition coefficient (Wildman–Crippen LogP) is 1.64. The zero-order chi connectivity index (χ0) is 9.94. The molecule has 0 aromatic rings. The van der Waals surface area contributed by atoms with Gasteiger partial charge in [-0.25, -0.2) is 5.43 Å². The van der Waals surface area contributed by atoms with Crippen molar-refractivity contribution in [2.24, 2.45) is 0 Å². The summed E-state index contributed by atoms with van der Waals surface area (Å²) in [5, 5.41) is 8.27. The van der Waals surface area contributed by atoms with E-state index in [1.54, 1.807) is 6.08 Å². The maximum Gasteiger partial charge on any atom is 0.0635 e. The van der Waals surface area contributed by atoms with Crippen LogP contribution in [0.5, 0.6) is 0 Å². The molecule has 2 N–H and O–H groups in total. The summed E-state index contributed by atoms with van der Waals surface area (Å²) < 4.78 is 0. The first-order valence-corrected chi connectivity index (χ1v) is 4.16. The van der Waals surface area contributed by atoms with Crippen molar-refractivity contribution in [2.45, 2.75) is 13.3 Å². The van der Waals surface area contributed by atoms with Gasteiger partial charge in [0, 0.05) is 18.7 Å². The molecule has 0 spiro atoms. The Kier molecular flexibility index (Phi) is 7.56. The molecule has 0 amide bonds. The summed E-state index contributed by atoms with van der Waals surface area (Å²) in [6, 6.07) is 2.04. The molecule has 0 heterocycles. The Hall–Kier alpha value is -1.53. The molecule has 3 nitrogen and oxygen atoms in total. The van der Waals surface area contributed by atoms with Gasteiger partial charge in [0.1, 0.15) is 0 Å². The molecule has 0 bridgehead atoms. The highest BCUT2D eigenvalue weighted by Gasteiger charge is 1.86. The summed E-state index contributed by atoms with van der Waals surface area (Å²) in [5.41, 5.74) is 6.72. The van der Waals surface area contributed by atoms with Gasteiger partial charge in [-0.2, -0.15) is 5.26 Å². The smallest absolute Gasteiger partial charge is 0.0635 e. The SMILES string of the molecule is C=C/C(=C\C=C/C)NNCCC#N. The van der Waals surface area contributed by atoms with Gasteiger partial charge in [0.25, 0.3) is 0 Å². The lowest BCUT2D eigenvalue weighted by Gasteiger charge is -2.05. The van der Waals surface area contributed by atoms with E-state index in [1.165, 1.54) is 0 Å². The van der Waals surface area contributed by atoms with Crippen LogP contribution in [0.1, 0.15) is 13.3 Å². The quantitative estimate of drug-likeness (QED) is 0.368. The average molecular weight is 177 g/mol. The normalized spacial score (nSPS) is 11.2. The maximum atomic E-state index is 8.27. The number of hydrogen-bond acceptors (Lipinski definition) is 3. The summed E-state index contributed by atoms with van der Waals surface area (Å²) in [7, 11) is 0. The lowest BCUT2D eigenvalue weighted by molar-refractivity contribution is 0.617. The molecule has 0 unspecified atom stereocenters. The van der Waals surface area contributed by atoms with Crippen molar-refractivity contribution in [3.63, 3.8) is 0 Å². The van der Waals surface area contributed by atoms with Crippen molar-refractivity contribution in [3.05, 3.63) is 36.6 Å². The number of nitriles is 1. The van der Waals surface area contributed by atoms with Gasteiger partial charge in [0.2, 0.25) is 0 Å². The van der Waals surface area contributed by atoms with Gasteiger partial charge in [0.15, 0.2) is 0 Å². The summed E-state index contributed by atoms with van der Waals surface area (Å²) >= 11 is 0. The van der Waals surface area contributed by atoms with Crippen LogP contribution >= 0.6 is 0 Å². The van der Waals surface area contributed by atoms with E-state index in [9.17, 15) is 0 Å². The van der Waals surface area contributed by atoms with Crippen molar-refractivity contribution in [1.82, 2.24) is 10.9 Å². The summed E-state index contributed by atoms with van der Waals surface area (Å²) in [4.78, 5) is 0. The van der Waals surface area contributed by atoms with Gasteiger partial charge in [-0.1, -0.05) is 18.7 Å². The van der Waals surface area contributed by atoms with E-state index in [1.807, 2.05) is 31.2 Å². The van der Waals surface area contributed by atoms with Crippen LogP contribution in [0.2, 0.25) is 0 Å². The molecule has 0 saturated carbocycles. The van der Waals surface area contributed by atoms with Crippen LogP contribution in [-0.4, -0.2) is 6.54 Å². The molecule has 0 saturated heterocycles. The maximum absolute atomic E-state index is 8.27. The fourth-order valence-corrected chi connectivity index (χ4v) is 0.644. The number of hydrogen-bond donors (Lipinski definition) is 2. The van der Waals surface area contributed by atoms with E-state index < -0.39 is 0 Å². The zero-order valence-electron chi connectivity index (χ0n) is 7.88. The van der Waals surface area contributed by atoms with Gasteiger partial charge in [0.05, 0.1) is 6.07 Å². The molecule has 0 aromatic carbocycles. The fraction of sp³-hybridized carbons (Fsp3) is 0.300. The lowest BCUT2D eigenvalue weighted by atomic mass is 10.4. The van der Waals surface area contributed by atoms with Crippen molar-refractivity contribution in [1.29, 1.82) is 5.26 Å². The second-order valence-electron chi connectivity index (χ2n) is 2.31. The number of hydrazine groups is 1. The number of nitrogens with one attached hydrogen (secondary N) is 2. The van der Waals surface area contributed by atoms with Gasteiger partial charge in [-0.3, -0.25) is 0 Å². The molecule has 0 aliphatic carbocycles. The molecule has 13 heavy (non-hydrogen) atoms. The standard InChI is InChI=1S/C10H15N3/c1-3-5-7-10(4-2)13-12-9-6-8-11/h3-5,7,12-13H,2,6,9H2,1H3/b5-3-,10-7+. The van der Waals surface area contributed by atoms with Crippen LogP contribution in [0.15, 0.2) is 36.6 Å². The van der Waals surface area contributed by atoms with Crippen LogP contribution in [0.4, 0.5) is 0 Å². The Balaban J connectivity index is 3.73. The van der Waals surface area contributed by atoms with Crippen molar-refractivity contribution < 1.29 is 0 Å². The third-order valence-electron chi connectivity index (χ3n) is 1.28. The third kappa shape index (κ3) is 6.85. The Morgan fingerprint density at radius 1 is 1.62 bits per heavy atom. The van der Waals surface area contributed by atoms with Crippen LogP contribution in [0.25, 0.3) is 0 Å². The average Bonchev–Trinajstić information content (AvgIpc) is 2.17. The van der Waals surface area contributed by atoms with E-state index in [0.29, 0.717) is 13.0 Å². The largest absolute Gasteiger partial charge is 0.321 e. The molecule has 0 radical (unpaired) electrons. The zero-order valence-corrected chi connectivity index (χ0v) is 7.88. The van der Waals surface area contributed by atoms with Crippen LogP contribution in [-0.2, 0) is 0 Å². The van der Waals surface area contributed by atoms with Crippen molar-refractivity contribution in [2.75, 3.05) is 6.54 Å². The molecular weight excluding hydrogens is 162 g/mol. The third-order valence-corrected chi connectivity index (χ3v) is 1.28. The summed E-state index contributed by atoms with van der Waals surface area (Å²) in [6.07, 6.45) is 7.93. The van der Waals surface area contributed by atoms with Gasteiger partial charge >= 0.3 is 0 Å². The number of rotatable bonds is 6. The molecule has 0 rings (SSSR count). The fourth-order valence-electron chi connectivity index (χ4n) is 0.644. The van der Waals surface area contributed by atoms with Crippen LogP contribution in [0.3, 0.4) is 0 Å². The monoisotopic (exact) mass is 177 g/mol. The first-order chi connectivity index (χ1) is 6.35. The molecule has 0 aliphatic heterocycles. The lowest BCUT2D eigenvalue weighted by Crippen LogP contribution is -2.30. The molecule has 3 heteroatoms. The highest BCUT2D eigenvalue weighted by atomic mass is 15.3. The van der Waals surface area contributed by atoms with Gasteiger partial charge < -0.3 is 5.43 Å². The minimum Gasteiger partial charge on any atom is -0.321 e. The Morgan fingerprint density at radius 3 is 2.92 bits per heavy atom. The van der Waals surface area contributed by atoms with Crippen molar-refractivity contribution in [3.8, 4) is 6.07 Å². The van der Waals surface area contributed by atoms with Crippen molar-refractivity contribution >= 4 is 0 Å². The van der Waals surface area contributed by atoms with E-state index in [-0.39, 0.29) is 0 Å². The van der Waals surface area contributed by atoms with Gasteiger partial charge in [-0.05, 0) is 19.1 Å². The predicted molar refractivity (Wildman–Crippen MR) is 54.5 cm³/mol. The Bertz CT molecular complexity index is 233. The number of nitrogens with zero attached hydrogens (tertiary/aromatic N) is 1. The Labute approximate surface area is 79.4 Å². The molecular formula is C10H15N3. The summed E-state index contributed by atoms with van der Waals surface area (Å²) in [5.74, 6) is 0. The molecule has 0 aliphatic rings. The van der Waals surface area contributed by atoms with E-state index in [2.05, 4.69) is 17.4 Å². The molecule has 70 valence electrons. The summed E-state index contributed by atoms with van der Waals surface area (Å²) in [6.45, 7) is 6.21. The van der Waals surface area contributed by atoms with Crippen LogP contribution < -0.4 is 10.9 Å². The topological polar surface area (TPSA) is 47.8 Å². The second-order valence-corrected chi connectivity index (χ2v) is 2.31. The second kappa shape index (κ2) is 8.57. The number of allylic oxidation sites excluding steroid dienone is 4. The minimum absolute atomic E-state index is 0.487. The first-order valence-electron chi connectivity index (χ1n) is 4.16. The molecule has 0 atom stereocenters. The molecule has 0 aromatic heterocycles. The first kappa shape index (κ1) is 11.5. The van der Waals surface area contributed by atoms with E-state index in [4.69, 9.17) is 5.26 Å². The molecule has 0 fully saturated rings. The minimum atomic E-state index is 0.487.